The third kappa shape index (κ3) is 2.37. The van der Waals surface area contributed by atoms with Crippen LogP contribution in [0.2, 0.25) is 0 Å². The molecule has 0 saturated carbocycles. The highest BCUT2D eigenvalue weighted by atomic mass is 32.2. The van der Waals surface area contributed by atoms with Crippen molar-refractivity contribution < 1.29 is 9.59 Å². The summed E-state index contributed by atoms with van der Waals surface area (Å²) in [5.74, 6) is -0.498. The molecule has 1 heterocycles. The summed E-state index contributed by atoms with van der Waals surface area (Å²) in [5.41, 5.74) is 0.557. The SMILES string of the molecule is O=C1NC(=S)SC1=CC(=O)c1ccccc1. The maximum Gasteiger partial charge on any atom is 0.263 e. The Bertz CT molecular complexity index is 494. The number of amides is 1. The second-order valence-electron chi connectivity index (χ2n) is 3.08. The number of rotatable bonds is 2. The molecule has 1 N–H and O–H groups in total. The molecule has 0 aromatic heterocycles. The summed E-state index contributed by atoms with van der Waals surface area (Å²) >= 11 is 5.93. The Hall–Kier alpha value is -1.46. The van der Waals surface area contributed by atoms with Gasteiger partial charge in [-0.15, -0.1) is 0 Å². The highest BCUT2D eigenvalue weighted by Crippen LogP contribution is 2.23. The molecule has 0 spiro atoms. The number of benzene rings is 1. The summed E-state index contributed by atoms with van der Waals surface area (Å²) in [5, 5.41) is 2.46. The maximum atomic E-state index is 11.7. The molecule has 16 heavy (non-hydrogen) atoms. The largest absolute Gasteiger partial charge is 0.307 e. The van der Waals surface area contributed by atoms with E-state index in [9.17, 15) is 9.59 Å². The Morgan fingerprint density at radius 2 is 2.00 bits per heavy atom. The molecule has 1 aromatic rings. The van der Waals surface area contributed by atoms with Crippen molar-refractivity contribution in [3.8, 4) is 0 Å². The number of allylic oxidation sites excluding steroid dienone is 1. The summed E-state index contributed by atoms with van der Waals surface area (Å²) in [6.07, 6.45) is 1.31. The first kappa shape index (κ1) is 11.0. The van der Waals surface area contributed by atoms with E-state index in [0.717, 1.165) is 11.8 Å². The normalized spacial score (nSPS) is 17.6. The zero-order chi connectivity index (χ0) is 11.5. The molecule has 0 bridgehead atoms. The molecule has 1 aromatic carbocycles. The molecular weight excluding hydrogens is 242 g/mol. The van der Waals surface area contributed by atoms with Gasteiger partial charge in [-0.3, -0.25) is 9.59 Å². The molecule has 0 unspecified atom stereocenters. The molecule has 0 radical (unpaired) electrons. The van der Waals surface area contributed by atoms with E-state index in [1.54, 1.807) is 24.3 Å². The van der Waals surface area contributed by atoms with Crippen LogP contribution in [0.1, 0.15) is 10.4 Å². The molecule has 2 rings (SSSR count). The Balaban J connectivity index is 2.22. The quantitative estimate of drug-likeness (QED) is 0.494. The van der Waals surface area contributed by atoms with E-state index in [0.29, 0.717) is 14.8 Å². The zero-order valence-corrected chi connectivity index (χ0v) is 9.73. The monoisotopic (exact) mass is 249 g/mol. The minimum Gasteiger partial charge on any atom is -0.307 e. The Morgan fingerprint density at radius 1 is 1.31 bits per heavy atom. The second-order valence-corrected chi connectivity index (χ2v) is 4.80. The van der Waals surface area contributed by atoms with Gasteiger partial charge >= 0.3 is 0 Å². The molecular formula is C11H7NO2S2. The first-order chi connectivity index (χ1) is 7.66. The molecule has 1 fully saturated rings. The predicted octanol–water partition coefficient (Wildman–Crippen LogP) is 1.90. The van der Waals surface area contributed by atoms with Gasteiger partial charge in [0.15, 0.2) is 5.78 Å². The molecule has 0 atom stereocenters. The van der Waals surface area contributed by atoms with Crippen LogP contribution >= 0.6 is 24.0 Å². The van der Waals surface area contributed by atoms with E-state index in [4.69, 9.17) is 12.2 Å². The molecule has 80 valence electrons. The molecule has 1 saturated heterocycles. The summed E-state index contributed by atoms with van der Waals surface area (Å²) in [7, 11) is 0. The lowest BCUT2D eigenvalue weighted by molar-refractivity contribution is -0.115. The first-order valence-corrected chi connectivity index (χ1v) is 5.73. The lowest BCUT2D eigenvalue weighted by Gasteiger charge is -1.94. The number of thiocarbonyl (C=S) groups is 1. The van der Waals surface area contributed by atoms with Crippen molar-refractivity contribution >= 4 is 40.0 Å². The van der Waals surface area contributed by atoms with Gasteiger partial charge < -0.3 is 5.32 Å². The lowest BCUT2D eigenvalue weighted by atomic mass is 10.1. The third-order valence-electron chi connectivity index (χ3n) is 1.96. The number of hydrogen-bond donors (Lipinski definition) is 1. The van der Waals surface area contributed by atoms with Crippen LogP contribution in [-0.4, -0.2) is 16.0 Å². The summed E-state index contributed by atoms with van der Waals surface area (Å²) in [6, 6.07) is 8.79. The molecule has 0 aliphatic carbocycles. The topological polar surface area (TPSA) is 46.2 Å². The third-order valence-corrected chi connectivity index (χ3v) is 3.13. The fourth-order valence-corrected chi connectivity index (χ4v) is 2.24. The van der Waals surface area contributed by atoms with Gasteiger partial charge in [0, 0.05) is 11.6 Å². The van der Waals surface area contributed by atoms with Crippen LogP contribution in [-0.2, 0) is 4.79 Å². The van der Waals surface area contributed by atoms with Crippen molar-refractivity contribution in [2.75, 3.05) is 0 Å². The van der Waals surface area contributed by atoms with E-state index >= 15 is 0 Å². The van der Waals surface area contributed by atoms with Crippen LogP contribution in [0.5, 0.6) is 0 Å². The summed E-state index contributed by atoms with van der Waals surface area (Å²) in [6.45, 7) is 0. The van der Waals surface area contributed by atoms with Gasteiger partial charge in [-0.05, 0) is 0 Å². The predicted molar refractivity (Wildman–Crippen MR) is 67.2 cm³/mol. The average molecular weight is 249 g/mol. The molecule has 1 aliphatic heterocycles. The van der Waals surface area contributed by atoms with Gasteiger partial charge in [0.05, 0.1) is 4.91 Å². The zero-order valence-electron chi connectivity index (χ0n) is 8.10. The van der Waals surface area contributed by atoms with E-state index in [1.807, 2.05) is 6.07 Å². The van der Waals surface area contributed by atoms with Crippen molar-refractivity contribution in [3.63, 3.8) is 0 Å². The number of carbonyl (C=O) groups is 2. The van der Waals surface area contributed by atoms with Crippen LogP contribution in [0.4, 0.5) is 0 Å². The van der Waals surface area contributed by atoms with Crippen molar-refractivity contribution in [3.05, 3.63) is 46.9 Å². The van der Waals surface area contributed by atoms with Gasteiger partial charge in [-0.2, -0.15) is 0 Å². The van der Waals surface area contributed by atoms with Gasteiger partial charge in [0.1, 0.15) is 4.32 Å². The number of carbonyl (C=O) groups excluding carboxylic acids is 2. The minimum absolute atomic E-state index is 0.192. The van der Waals surface area contributed by atoms with Crippen molar-refractivity contribution in [1.29, 1.82) is 0 Å². The number of ketones is 1. The van der Waals surface area contributed by atoms with Crippen molar-refractivity contribution in [2.45, 2.75) is 0 Å². The average Bonchev–Trinajstić information content (AvgIpc) is 2.59. The maximum absolute atomic E-state index is 11.7. The summed E-state index contributed by atoms with van der Waals surface area (Å²) in [4.78, 5) is 23.4. The van der Waals surface area contributed by atoms with Gasteiger partial charge in [-0.1, -0.05) is 54.3 Å². The lowest BCUT2D eigenvalue weighted by Crippen LogP contribution is -2.18. The fraction of sp³-hybridized carbons (Fsp3) is 0. The van der Waals surface area contributed by atoms with Gasteiger partial charge in [0.2, 0.25) is 0 Å². The molecule has 1 aliphatic rings. The summed E-state index contributed by atoms with van der Waals surface area (Å²) < 4.78 is 0.386. The number of nitrogens with one attached hydrogen (secondary N) is 1. The van der Waals surface area contributed by atoms with Gasteiger partial charge in [-0.25, -0.2) is 0 Å². The van der Waals surface area contributed by atoms with Crippen LogP contribution in [0, 0.1) is 0 Å². The van der Waals surface area contributed by atoms with Crippen molar-refractivity contribution in [2.24, 2.45) is 0 Å². The number of thioether (sulfide) groups is 1. The molecule has 5 heteroatoms. The van der Waals surface area contributed by atoms with Gasteiger partial charge in [0.25, 0.3) is 5.91 Å². The van der Waals surface area contributed by atoms with E-state index < -0.39 is 0 Å². The molecule has 3 nitrogen and oxygen atoms in total. The van der Waals surface area contributed by atoms with Crippen molar-refractivity contribution in [1.82, 2.24) is 5.32 Å². The Morgan fingerprint density at radius 3 is 2.56 bits per heavy atom. The highest BCUT2D eigenvalue weighted by Gasteiger charge is 2.23. The fourth-order valence-electron chi connectivity index (χ4n) is 1.23. The number of hydrogen-bond acceptors (Lipinski definition) is 4. The van der Waals surface area contributed by atoms with Crippen LogP contribution in [0.3, 0.4) is 0 Å². The highest BCUT2D eigenvalue weighted by molar-refractivity contribution is 8.26. The van der Waals surface area contributed by atoms with E-state index in [-0.39, 0.29) is 11.7 Å². The van der Waals surface area contributed by atoms with Crippen LogP contribution < -0.4 is 5.32 Å². The first-order valence-electron chi connectivity index (χ1n) is 4.51. The molecule has 1 amide bonds. The van der Waals surface area contributed by atoms with E-state index in [2.05, 4.69) is 5.32 Å². The van der Waals surface area contributed by atoms with E-state index in [1.165, 1.54) is 6.08 Å². The van der Waals surface area contributed by atoms with Crippen LogP contribution in [0.15, 0.2) is 41.3 Å². The standard InChI is InChI=1S/C11H7NO2S2/c13-8(7-4-2-1-3-5-7)6-9-10(14)12-11(15)16-9/h1-6H,(H,12,14,15). The van der Waals surface area contributed by atoms with Crippen LogP contribution in [0.25, 0.3) is 0 Å². The Labute approximate surface area is 102 Å². The Kier molecular flexibility index (Phi) is 3.17. The minimum atomic E-state index is -0.306. The smallest absolute Gasteiger partial charge is 0.263 e. The second kappa shape index (κ2) is 4.59.